The van der Waals surface area contributed by atoms with Crippen LogP contribution in [0.1, 0.15) is 15.9 Å². The molecule has 1 heterocycles. The summed E-state index contributed by atoms with van der Waals surface area (Å²) >= 11 is 0. The van der Waals surface area contributed by atoms with Gasteiger partial charge in [-0.2, -0.15) is 0 Å². The quantitative estimate of drug-likeness (QED) is 0.800. The van der Waals surface area contributed by atoms with Crippen molar-refractivity contribution in [3.05, 3.63) is 71.8 Å². The van der Waals surface area contributed by atoms with E-state index in [1.54, 1.807) is 4.90 Å². The van der Waals surface area contributed by atoms with Gasteiger partial charge in [-0.05, 0) is 36.6 Å². The third kappa shape index (κ3) is 2.33. The van der Waals surface area contributed by atoms with E-state index >= 15 is 0 Å². The molecule has 0 saturated carbocycles. The van der Waals surface area contributed by atoms with Crippen LogP contribution in [0.3, 0.4) is 0 Å². The van der Waals surface area contributed by atoms with Gasteiger partial charge in [-0.25, -0.2) is 0 Å². The summed E-state index contributed by atoms with van der Waals surface area (Å²) in [5.74, 6) is -0.335. The average molecular weight is 316 g/mol. The van der Waals surface area contributed by atoms with Crippen LogP contribution in [0, 0.1) is 6.92 Å². The Bertz CT molecular complexity index is 956. The van der Waals surface area contributed by atoms with E-state index in [0.717, 1.165) is 27.7 Å². The monoisotopic (exact) mass is 316 g/mol. The highest BCUT2D eigenvalue weighted by Crippen LogP contribution is 2.36. The summed E-state index contributed by atoms with van der Waals surface area (Å²) in [5, 5.41) is 4.78. The Morgan fingerprint density at radius 1 is 1.00 bits per heavy atom. The molecular formula is C20H16N2O2. The third-order valence-electron chi connectivity index (χ3n) is 4.29. The molecule has 0 spiro atoms. The molecule has 0 aliphatic carbocycles. The van der Waals surface area contributed by atoms with E-state index in [1.807, 2.05) is 67.6 Å². The Kier molecular flexibility index (Phi) is 3.31. The molecule has 0 unspecified atom stereocenters. The Hall–Kier alpha value is -3.14. The van der Waals surface area contributed by atoms with Crippen LogP contribution >= 0.6 is 0 Å². The second-order valence-corrected chi connectivity index (χ2v) is 5.99. The number of carbonyl (C=O) groups is 2. The van der Waals surface area contributed by atoms with Crippen molar-refractivity contribution in [2.75, 3.05) is 16.8 Å². The first-order valence-electron chi connectivity index (χ1n) is 7.83. The maximum Gasteiger partial charge on any atom is 0.259 e. The fourth-order valence-electron chi connectivity index (χ4n) is 3.12. The first-order valence-corrected chi connectivity index (χ1v) is 7.83. The number of benzene rings is 3. The van der Waals surface area contributed by atoms with Crippen molar-refractivity contribution in [2.24, 2.45) is 0 Å². The molecule has 2 amide bonds. The summed E-state index contributed by atoms with van der Waals surface area (Å²) in [7, 11) is 0. The first kappa shape index (κ1) is 14.5. The molecule has 0 aromatic heterocycles. The van der Waals surface area contributed by atoms with Gasteiger partial charge in [-0.3, -0.25) is 14.5 Å². The summed E-state index contributed by atoms with van der Waals surface area (Å²) in [5.41, 5.74) is 3.32. The number of nitrogens with one attached hydrogen (secondary N) is 1. The number of hydrogen-bond donors (Lipinski definition) is 1. The number of anilines is 2. The number of amides is 2. The van der Waals surface area contributed by atoms with Gasteiger partial charge in [-0.1, -0.05) is 42.0 Å². The predicted molar refractivity (Wildman–Crippen MR) is 95.4 cm³/mol. The molecule has 0 bridgehead atoms. The standard InChI is InChI=1S/C20H16N2O2/c1-13-8-10-15(11-9-13)21-18(23)12-22-17-7-3-5-14-4-2-6-16(19(14)17)20(22)24/h2-11H,12H2,1H3,(H,21,23). The second kappa shape index (κ2) is 5.49. The van der Waals surface area contributed by atoms with Gasteiger partial charge >= 0.3 is 0 Å². The minimum Gasteiger partial charge on any atom is -0.325 e. The molecule has 24 heavy (non-hydrogen) atoms. The zero-order chi connectivity index (χ0) is 16.7. The van der Waals surface area contributed by atoms with E-state index in [4.69, 9.17) is 0 Å². The zero-order valence-corrected chi connectivity index (χ0v) is 13.2. The van der Waals surface area contributed by atoms with Crippen molar-refractivity contribution in [3.63, 3.8) is 0 Å². The van der Waals surface area contributed by atoms with Gasteiger partial charge in [0.25, 0.3) is 5.91 Å². The van der Waals surface area contributed by atoms with Crippen molar-refractivity contribution in [2.45, 2.75) is 6.92 Å². The summed E-state index contributed by atoms with van der Waals surface area (Å²) < 4.78 is 0. The second-order valence-electron chi connectivity index (χ2n) is 5.99. The van der Waals surface area contributed by atoms with E-state index in [9.17, 15) is 9.59 Å². The molecular weight excluding hydrogens is 300 g/mol. The van der Waals surface area contributed by atoms with E-state index in [-0.39, 0.29) is 18.4 Å². The summed E-state index contributed by atoms with van der Waals surface area (Å²) in [4.78, 5) is 26.6. The molecule has 1 aliphatic heterocycles. The van der Waals surface area contributed by atoms with Crippen molar-refractivity contribution in [3.8, 4) is 0 Å². The lowest BCUT2D eigenvalue weighted by molar-refractivity contribution is -0.114. The molecule has 3 aromatic rings. The maximum atomic E-state index is 12.7. The van der Waals surface area contributed by atoms with Crippen LogP contribution in [0.5, 0.6) is 0 Å². The summed E-state index contributed by atoms with van der Waals surface area (Å²) in [6, 6.07) is 19.0. The van der Waals surface area contributed by atoms with Gasteiger partial charge in [0.05, 0.1) is 5.69 Å². The lowest BCUT2D eigenvalue weighted by Gasteiger charge is -2.17. The first-order chi connectivity index (χ1) is 11.6. The fourth-order valence-corrected chi connectivity index (χ4v) is 3.12. The zero-order valence-electron chi connectivity index (χ0n) is 13.2. The smallest absolute Gasteiger partial charge is 0.259 e. The highest BCUT2D eigenvalue weighted by molar-refractivity contribution is 6.26. The third-order valence-corrected chi connectivity index (χ3v) is 4.29. The number of aryl methyl sites for hydroxylation is 1. The van der Waals surface area contributed by atoms with Crippen LogP contribution < -0.4 is 10.2 Å². The van der Waals surface area contributed by atoms with Crippen LogP contribution in [0.2, 0.25) is 0 Å². The highest BCUT2D eigenvalue weighted by Gasteiger charge is 2.30. The molecule has 118 valence electrons. The van der Waals surface area contributed by atoms with Gasteiger partial charge in [0.1, 0.15) is 6.54 Å². The Morgan fingerprint density at radius 3 is 2.46 bits per heavy atom. The Labute approximate surface area is 139 Å². The molecule has 0 saturated heterocycles. The van der Waals surface area contributed by atoms with Crippen LogP contribution in [-0.4, -0.2) is 18.4 Å². The van der Waals surface area contributed by atoms with Crippen LogP contribution in [0.4, 0.5) is 11.4 Å². The van der Waals surface area contributed by atoms with Gasteiger partial charge in [0, 0.05) is 16.6 Å². The van der Waals surface area contributed by atoms with Crippen LogP contribution in [0.25, 0.3) is 10.8 Å². The number of rotatable bonds is 3. The Morgan fingerprint density at radius 2 is 1.71 bits per heavy atom. The molecule has 3 aromatic carbocycles. The highest BCUT2D eigenvalue weighted by atomic mass is 16.2. The topological polar surface area (TPSA) is 49.4 Å². The number of carbonyl (C=O) groups excluding carboxylic acids is 2. The van der Waals surface area contributed by atoms with E-state index in [0.29, 0.717) is 5.56 Å². The van der Waals surface area contributed by atoms with Crippen LogP contribution in [-0.2, 0) is 4.79 Å². The van der Waals surface area contributed by atoms with Gasteiger partial charge in [-0.15, -0.1) is 0 Å². The fraction of sp³-hybridized carbons (Fsp3) is 0.100. The molecule has 1 aliphatic rings. The molecule has 0 radical (unpaired) electrons. The minimum atomic E-state index is -0.211. The van der Waals surface area contributed by atoms with E-state index in [2.05, 4.69) is 5.32 Å². The molecule has 4 heteroatoms. The van der Waals surface area contributed by atoms with Crippen molar-refractivity contribution >= 4 is 34.0 Å². The van der Waals surface area contributed by atoms with Gasteiger partial charge in [0.2, 0.25) is 5.91 Å². The maximum absolute atomic E-state index is 12.7. The number of nitrogens with zero attached hydrogens (tertiary/aromatic N) is 1. The minimum absolute atomic E-state index is 0.000499. The summed E-state index contributed by atoms with van der Waals surface area (Å²) in [6.07, 6.45) is 0. The summed E-state index contributed by atoms with van der Waals surface area (Å²) in [6.45, 7) is 1.99. The van der Waals surface area contributed by atoms with E-state index in [1.165, 1.54) is 0 Å². The average Bonchev–Trinajstić information content (AvgIpc) is 2.85. The van der Waals surface area contributed by atoms with Crippen molar-refractivity contribution in [1.29, 1.82) is 0 Å². The Balaban J connectivity index is 1.60. The normalized spacial score (nSPS) is 12.7. The lowest BCUT2D eigenvalue weighted by atomic mass is 10.1. The van der Waals surface area contributed by atoms with Crippen LogP contribution in [0.15, 0.2) is 60.7 Å². The lowest BCUT2D eigenvalue weighted by Crippen LogP contribution is -2.35. The SMILES string of the molecule is Cc1ccc(NC(=O)CN2C(=O)c3cccc4cccc2c34)cc1. The van der Waals surface area contributed by atoms with Crippen molar-refractivity contribution < 1.29 is 9.59 Å². The molecule has 4 nitrogen and oxygen atoms in total. The predicted octanol–water partition coefficient (Wildman–Crippen LogP) is 3.75. The molecule has 0 atom stereocenters. The van der Waals surface area contributed by atoms with Gasteiger partial charge in [0.15, 0.2) is 0 Å². The number of hydrogen-bond acceptors (Lipinski definition) is 2. The molecule has 1 N–H and O–H groups in total. The molecule has 0 fully saturated rings. The van der Waals surface area contributed by atoms with Gasteiger partial charge < -0.3 is 5.32 Å². The molecule has 4 rings (SSSR count). The van der Waals surface area contributed by atoms with Crippen molar-refractivity contribution in [1.82, 2.24) is 0 Å². The van der Waals surface area contributed by atoms with E-state index < -0.39 is 0 Å². The largest absolute Gasteiger partial charge is 0.325 e.